The Balaban J connectivity index is 5.35. The normalized spacial score (nSPS) is 15.0. The number of aliphatic carboxylic acids is 1. The van der Waals surface area contributed by atoms with Gasteiger partial charge in [0, 0.05) is 24.3 Å². The molecule has 0 rings (SSSR count). The summed E-state index contributed by atoms with van der Waals surface area (Å²) in [6.07, 6.45) is -0.111. The number of carboxylic acids is 1. The number of Topliss-reactive ketones (excluding diaryl/α,β-unsaturated/α-hetero) is 2. The zero-order valence-corrected chi connectivity index (χ0v) is 19.4. The summed E-state index contributed by atoms with van der Waals surface area (Å²) >= 11 is 0. The van der Waals surface area contributed by atoms with Gasteiger partial charge in [0.25, 0.3) is 11.8 Å². The van der Waals surface area contributed by atoms with Crippen LogP contribution in [0.5, 0.6) is 0 Å². The van der Waals surface area contributed by atoms with E-state index < -0.39 is 55.7 Å². The van der Waals surface area contributed by atoms with Crippen LogP contribution in [0.2, 0.25) is 0 Å². The van der Waals surface area contributed by atoms with Gasteiger partial charge in [0.05, 0.1) is 0 Å². The van der Waals surface area contributed by atoms with Crippen LogP contribution in [0.25, 0.3) is 0 Å². The molecule has 0 aliphatic carbocycles. The van der Waals surface area contributed by atoms with Crippen LogP contribution in [-0.4, -0.2) is 62.4 Å². The second kappa shape index (κ2) is 12.6. The van der Waals surface area contributed by atoms with Gasteiger partial charge in [0.15, 0.2) is 0 Å². The first kappa shape index (κ1) is 27.9. The lowest BCUT2D eigenvalue weighted by molar-refractivity contribution is -0.143. The van der Waals surface area contributed by atoms with E-state index in [1.165, 1.54) is 6.92 Å². The molecular weight excluding hydrogens is 436 g/mol. The molecule has 0 aromatic rings. The standard InChI is InChI=1S/C18H30N2O8S2/c1-6-30(18(27)28,20-16(24)14(22)8-11(4)5)29-9-12(17(25)26)19-15(23)13(21)7-10(2)3/h10-12H,6-9H2,1-5H3,(H,19,23)(H,20,24)(H,25,26)(H,27,28). The van der Waals surface area contributed by atoms with Gasteiger partial charge in [-0.25, -0.2) is 9.59 Å². The predicted molar refractivity (Wildman–Crippen MR) is 115 cm³/mol. The summed E-state index contributed by atoms with van der Waals surface area (Å²) in [6.45, 7) is 8.41. The number of amides is 2. The van der Waals surface area contributed by atoms with Gasteiger partial charge < -0.3 is 15.5 Å². The lowest BCUT2D eigenvalue weighted by atomic mass is 10.1. The number of carbonyl (C=O) groups excluding carboxylic acids is 4. The Labute approximate surface area is 180 Å². The number of carboxylic acid groups (broad SMARTS) is 2. The van der Waals surface area contributed by atoms with Crippen molar-refractivity contribution in [3.05, 3.63) is 0 Å². The van der Waals surface area contributed by atoms with Crippen molar-refractivity contribution < 1.29 is 39.0 Å². The Morgan fingerprint density at radius 1 is 0.867 bits per heavy atom. The molecule has 0 radical (unpaired) electrons. The van der Waals surface area contributed by atoms with Crippen LogP contribution in [0.3, 0.4) is 0 Å². The van der Waals surface area contributed by atoms with E-state index in [9.17, 15) is 39.0 Å². The van der Waals surface area contributed by atoms with Crippen LogP contribution in [-0.2, 0) is 24.0 Å². The highest BCUT2D eigenvalue weighted by atomic mass is 33.2. The van der Waals surface area contributed by atoms with E-state index in [0.29, 0.717) is 10.8 Å². The Morgan fingerprint density at radius 3 is 1.70 bits per heavy atom. The summed E-state index contributed by atoms with van der Waals surface area (Å²) in [7, 11) is -2.38. The van der Waals surface area contributed by atoms with E-state index in [0.717, 1.165) is 0 Å². The van der Waals surface area contributed by atoms with Crippen LogP contribution < -0.4 is 10.0 Å². The van der Waals surface area contributed by atoms with Crippen molar-refractivity contribution >= 4 is 54.7 Å². The topological polar surface area (TPSA) is 167 Å². The Morgan fingerprint density at radius 2 is 1.33 bits per heavy atom. The Kier molecular flexibility index (Phi) is 11.7. The van der Waals surface area contributed by atoms with Crippen molar-refractivity contribution in [1.82, 2.24) is 10.0 Å². The minimum Gasteiger partial charge on any atom is -0.480 e. The number of hydrogen-bond donors (Lipinski definition) is 4. The third-order valence-corrected chi connectivity index (χ3v) is 9.44. The first-order chi connectivity index (χ1) is 13.8. The molecule has 0 fully saturated rings. The minimum atomic E-state index is -3.02. The minimum absolute atomic E-state index is 0.0544. The van der Waals surface area contributed by atoms with Crippen molar-refractivity contribution in [2.24, 2.45) is 11.8 Å². The Bertz CT molecular complexity index is 696. The smallest absolute Gasteiger partial charge is 0.373 e. The van der Waals surface area contributed by atoms with Crippen molar-refractivity contribution in [2.45, 2.75) is 53.5 Å². The lowest BCUT2D eigenvalue weighted by Crippen LogP contribution is -2.46. The molecule has 0 saturated heterocycles. The monoisotopic (exact) mass is 466 g/mol. The molecule has 0 saturated carbocycles. The summed E-state index contributed by atoms with van der Waals surface area (Å²) in [5.41, 5.74) is 0. The zero-order valence-electron chi connectivity index (χ0n) is 17.7. The summed E-state index contributed by atoms with van der Waals surface area (Å²) in [4.78, 5) is 71.2. The molecule has 0 spiro atoms. The van der Waals surface area contributed by atoms with E-state index in [1.807, 2.05) is 0 Å². The third kappa shape index (κ3) is 9.16. The molecule has 10 nitrogen and oxygen atoms in total. The van der Waals surface area contributed by atoms with E-state index >= 15 is 0 Å². The van der Waals surface area contributed by atoms with Gasteiger partial charge in [-0.05, 0) is 21.1 Å². The van der Waals surface area contributed by atoms with Gasteiger partial charge in [0.1, 0.15) is 6.04 Å². The average Bonchev–Trinajstić information content (AvgIpc) is 2.61. The number of carbonyl (C=O) groups is 6. The molecule has 0 heterocycles. The van der Waals surface area contributed by atoms with Gasteiger partial charge in [-0.15, -0.1) is 0 Å². The number of nitrogens with one attached hydrogen (secondary N) is 2. The molecule has 0 aliphatic rings. The zero-order chi connectivity index (χ0) is 23.6. The molecule has 2 unspecified atom stereocenters. The van der Waals surface area contributed by atoms with Gasteiger partial charge in [-0.2, -0.15) is 0 Å². The summed E-state index contributed by atoms with van der Waals surface area (Å²) < 4.78 is 2.27. The van der Waals surface area contributed by atoms with Gasteiger partial charge in [-0.1, -0.05) is 45.4 Å². The first-order valence-electron chi connectivity index (χ1n) is 9.35. The maximum Gasteiger partial charge on any atom is 0.373 e. The van der Waals surface area contributed by atoms with Crippen LogP contribution >= 0.6 is 20.0 Å². The highest BCUT2D eigenvalue weighted by Crippen LogP contribution is 2.56. The second-order valence-electron chi connectivity index (χ2n) is 7.35. The average molecular weight is 467 g/mol. The largest absolute Gasteiger partial charge is 0.480 e. The maximum atomic E-state index is 12.2. The van der Waals surface area contributed by atoms with Crippen molar-refractivity contribution in [3.63, 3.8) is 0 Å². The van der Waals surface area contributed by atoms with Crippen LogP contribution in [0.1, 0.15) is 47.5 Å². The summed E-state index contributed by atoms with van der Waals surface area (Å²) in [5, 5.41) is 19.7. The fourth-order valence-electron chi connectivity index (χ4n) is 2.13. The molecule has 0 bridgehead atoms. The highest BCUT2D eigenvalue weighted by molar-refractivity contribution is 8.99. The predicted octanol–water partition coefficient (Wildman–Crippen LogP) is 1.97. The number of rotatable bonds is 12. The van der Waals surface area contributed by atoms with E-state index in [2.05, 4.69) is 10.0 Å². The fraction of sp³-hybridized carbons (Fsp3) is 0.667. The van der Waals surface area contributed by atoms with E-state index in [1.54, 1.807) is 27.7 Å². The summed E-state index contributed by atoms with van der Waals surface area (Å²) in [6, 6.07) is -1.54. The quantitative estimate of drug-likeness (QED) is 0.248. The summed E-state index contributed by atoms with van der Waals surface area (Å²) in [5.74, 6) is -5.78. The van der Waals surface area contributed by atoms with Crippen LogP contribution in [0.15, 0.2) is 0 Å². The molecule has 172 valence electrons. The van der Waals surface area contributed by atoms with Gasteiger partial charge in [0.2, 0.25) is 11.6 Å². The Hall–Kier alpha value is -2.08. The third-order valence-electron chi connectivity index (χ3n) is 3.68. The molecular formula is C18H30N2O8S2. The molecule has 4 N–H and O–H groups in total. The van der Waals surface area contributed by atoms with Crippen LogP contribution in [0, 0.1) is 11.8 Å². The molecule has 0 aromatic carbocycles. The maximum absolute atomic E-state index is 12.2. The lowest BCUT2D eigenvalue weighted by Gasteiger charge is -2.34. The van der Waals surface area contributed by atoms with E-state index in [4.69, 9.17) is 0 Å². The molecule has 12 heteroatoms. The SMILES string of the molecule is CCS(NC(=O)C(=O)CC(C)C)(SCC(NC(=O)C(=O)CC(C)C)C(=O)O)C(=O)O. The number of hydrogen-bond acceptors (Lipinski definition) is 7. The fourth-order valence-corrected chi connectivity index (χ4v) is 6.26. The van der Waals surface area contributed by atoms with Crippen molar-refractivity contribution in [2.75, 3.05) is 11.5 Å². The highest BCUT2D eigenvalue weighted by Gasteiger charge is 2.37. The molecule has 2 amide bonds. The second-order valence-corrected chi connectivity index (χ2v) is 12.8. The molecule has 2 atom stereocenters. The van der Waals surface area contributed by atoms with Crippen molar-refractivity contribution in [1.29, 1.82) is 0 Å². The number of ketones is 2. The van der Waals surface area contributed by atoms with E-state index in [-0.39, 0.29) is 30.4 Å². The molecule has 30 heavy (non-hydrogen) atoms. The first-order valence-corrected chi connectivity index (χ1v) is 12.7. The van der Waals surface area contributed by atoms with Crippen molar-refractivity contribution in [3.8, 4) is 0 Å². The molecule has 0 aliphatic heterocycles. The van der Waals surface area contributed by atoms with Gasteiger partial charge in [-0.3, -0.25) is 23.9 Å². The van der Waals surface area contributed by atoms with Gasteiger partial charge >= 0.3 is 11.3 Å². The molecule has 0 aromatic heterocycles. The van der Waals surface area contributed by atoms with Crippen LogP contribution in [0.4, 0.5) is 4.79 Å².